The summed E-state index contributed by atoms with van der Waals surface area (Å²) in [7, 11) is 0. The molecule has 1 aromatic rings. The van der Waals surface area contributed by atoms with Crippen LogP contribution in [0.5, 0.6) is 0 Å². The van der Waals surface area contributed by atoms with Gasteiger partial charge in [-0.2, -0.15) is 0 Å². The van der Waals surface area contributed by atoms with Crippen molar-refractivity contribution < 1.29 is 14.3 Å². The largest absolute Gasteiger partial charge is 0.463 e. The zero-order valence-electron chi connectivity index (χ0n) is 10.9. The van der Waals surface area contributed by atoms with Crippen molar-refractivity contribution >= 4 is 27.7 Å². The van der Waals surface area contributed by atoms with Crippen LogP contribution in [0.2, 0.25) is 0 Å². The lowest BCUT2D eigenvalue weighted by Crippen LogP contribution is -2.13. The number of allylic oxidation sites excluding steroid dienone is 2. The number of hydrogen-bond donors (Lipinski definition) is 0. The Morgan fingerprint density at radius 3 is 2.68 bits per heavy atom. The van der Waals surface area contributed by atoms with Gasteiger partial charge in [-0.25, -0.2) is 4.79 Å². The summed E-state index contributed by atoms with van der Waals surface area (Å²) in [6.07, 6.45) is 2.42. The number of esters is 1. The second kappa shape index (κ2) is 6.06. The molecule has 0 spiro atoms. The van der Waals surface area contributed by atoms with E-state index < -0.39 is 0 Å². The molecule has 0 aromatic heterocycles. The fourth-order valence-corrected chi connectivity index (χ4v) is 2.10. The van der Waals surface area contributed by atoms with Crippen molar-refractivity contribution in [2.75, 3.05) is 6.61 Å². The van der Waals surface area contributed by atoms with Crippen molar-refractivity contribution in [2.24, 2.45) is 0 Å². The van der Waals surface area contributed by atoms with Crippen LogP contribution in [0.1, 0.15) is 25.8 Å². The van der Waals surface area contributed by atoms with E-state index in [1.54, 1.807) is 6.92 Å². The maximum atomic E-state index is 12.0. The van der Waals surface area contributed by atoms with Crippen molar-refractivity contribution in [3.05, 3.63) is 51.7 Å². The van der Waals surface area contributed by atoms with Crippen LogP contribution in [0, 0.1) is 0 Å². The van der Waals surface area contributed by atoms with Gasteiger partial charge in [0.25, 0.3) is 0 Å². The van der Waals surface area contributed by atoms with Crippen molar-refractivity contribution in [1.29, 1.82) is 0 Å². The Kier molecular flexibility index (Phi) is 4.43. The third-order valence-corrected chi connectivity index (χ3v) is 3.29. The first-order valence-corrected chi connectivity index (χ1v) is 6.92. The summed E-state index contributed by atoms with van der Waals surface area (Å²) in [5.41, 5.74) is 1.44. The van der Waals surface area contributed by atoms with Gasteiger partial charge in [0.15, 0.2) is 0 Å². The van der Waals surface area contributed by atoms with Gasteiger partial charge in [-0.15, -0.1) is 0 Å². The molecule has 0 amide bonds. The van der Waals surface area contributed by atoms with Gasteiger partial charge in [0, 0.05) is 16.5 Å². The fourth-order valence-electron chi connectivity index (χ4n) is 1.83. The van der Waals surface area contributed by atoms with Crippen LogP contribution in [0.3, 0.4) is 0 Å². The smallest absolute Gasteiger partial charge is 0.338 e. The molecule has 1 aliphatic heterocycles. The molecular weight excluding hydrogens is 308 g/mol. The zero-order valence-corrected chi connectivity index (χ0v) is 12.5. The number of benzene rings is 1. The van der Waals surface area contributed by atoms with Crippen LogP contribution in [-0.2, 0) is 14.3 Å². The van der Waals surface area contributed by atoms with Gasteiger partial charge >= 0.3 is 5.97 Å². The van der Waals surface area contributed by atoms with Crippen molar-refractivity contribution in [3.8, 4) is 0 Å². The van der Waals surface area contributed by atoms with Crippen molar-refractivity contribution in [3.63, 3.8) is 0 Å². The van der Waals surface area contributed by atoms with E-state index in [9.17, 15) is 4.79 Å². The number of carbonyl (C=O) groups is 1. The molecule has 0 bridgehead atoms. The second-order valence-corrected chi connectivity index (χ2v) is 5.07. The Hall–Kier alpha value is -1.55. The molecule has 0 N–H and O–H groups in total. The molecule has 2 rings (SSSR count). The standard InChI is InChI=1S/C15H15BrO3/c1-3-18-15(17)13-9-4-10(2)19-14(13)11-5-7-12(16)8-6-11/h4-8H,3,9H2,1-2H3. The molecule has 0 radical (unpaired) electrons. The van der Waals surface area contributed by atoms with Crippen molar-refractivity contribution in [1.82, 2.24) is 0 Å². The first kappa shape index (κ1) is 13.9. The Morgan fingerprint density at radius 2 is 2.05 bits per heavy atom. The Bertz CT molecular complexity index is 541. The highest BCUT2D eigenvalue weighted by Crippen LogP contribution is 2.31. The summed E-state index contributed by atoms with van der Waals surface area (Å²) in [6, 6.07) is 7.67. The molecular formula is C15H15BrO3. The highest BCUT2D eigenvalue weighted by molar-refractivity contribution is 9.10. The van der Waals surface area contributed by atoms with Gasteiger partial charge in [0.2, 0.25) is 0 Å². The summed E-state index contributed by atoms with van der Waals surface area (Å²) >= 11 is 3.39. The van der Waals surface area contributed by atoms with E-state index in [-0.39, 0.29) is 5.97 Å². The van der Waals surface area contributed by atoms with Crippen LogP contribution in [0.25, 0.3) is 5.76 Å². The molecule has 1 aliphatic rings. The van der Waals surface area contributed by atoms with Crippen LogP contribution in [0.15, 0.2) is 46.1 Å². The summed E-state index contributed by atoms with van der Waals surface area (Å²) in [6.45, 7) is 4.03. The lowest BCUT2D eigenvalue weighted by Gasteiger charge is -2.19. The fraction of sp³-hybridized carbons (Fsp3) is 0.267. The zero-order chi connectivity index (χ0) is 13.8. The van der Waals surface area contributed by atoms with Crippen LogP contribution < -0.4 is 0 Å². The Labute approximate surface area is 121 Å². The highest BCUT2D eigenvalue weighted by atomic mass is 79.9. The van der Waals surface area contributed by atoms with Gasteiger partial charge in [0.05, 0.1) is 17.9 Å². The molecule has 19 heavy (non-hydrogen) atoms. The van der Waals surface area contributed by atoms with Crippen LogP contribution >= 0.6 is 15.9 Å². The third kappa shape index (κ3) is 3.26. The lowest BCUT2D eigenvalue weighted by molar-refractivity contribution is -0.138. The summed E-state index contributed by atoms with van der Waals surface area (Å²) < 4.78 is 11.8. The average Bonchev–Trinajstić information content (AvgIpc) is 2.39. The van der Waals surface area contributed by atoms with Gasteiger partial charge < -0.3 is 9.47 Å². The summed E-state index contributed by atoms with van der Waals surface area (Å²) in [4.78, 5) is 12.0. The minimum absolute atomic E-state index is 0.316. The third-order valence-electron chi connectivity index (χ3n) is 2.76. The van der Waals surface area contributed by atoms with Gasteiger partial charge in [-0.05, 0) is 32.1 Å². The van der Waals surface area contributed by atoms with Crippen LogP contribution in [0.4, 0.5) is 0 Å². The van der Waals surface area contributed by atoms with E-state index in [0.717, 1.165) is 15.8 Å². The SMILES string of the molecule is CCOC(=O)C1=C(c2ccc(Br)cc2)OC(C)=CC1. The van der Waals surface area contributed by atoms with Crippen molar-refractivity contribution in [2.45, 2.75) is 20.3 Å². The predicted octanol–water partition coefficient (Wildman–Crippen LogP) is 4.05. The highest BCUT2D eigenvalue weighted by Gasteiger charge is 2.22. The van der Waals surface area contributed by atoms with E-state index in [1.165, 1.54) is 0 Å². The molecule has 0 unspecified atom stereocenters. The lowest BCUT2D eigenvalue weighted by atomic mass is 10.0. The molecule has 100 valence electrons. The number of rotatable bonds is 3. The van der Waals surface area contributed by atoms with Gasteiger partial charge in [-0.1, -0.05) is 28.1 Å². The monoisotopic (exact) mass is 322 g/mol. The molecule has 0 fully saturated rings. The summed E-state index contributed by atoms with van der Waals surface area (Å²) in [5.74, 6) is 1.07. The Balaban J connectivity index is 2.39. The van der Waals surface area contributed by atoms with E-state index in [0.29, 0.717) is 24.4 Å². The molecule has 1 heterocycles. The van der Waals surface area contributed by atoms with E-state index >= 15 is 0 Å². The number of halogens is 1. The maximum Gasteiger partial charge on any atom is 0.338 e. The summed E-state index contributed by atoms with van der Waals surface area (Å²) in [5, 5.41) is 0. The molecule has 0 aliphatic carbocycles. The van der Waals surface area contributed by atoms with E-state index in [1.807, 2.05) is 37.3 Å². The maximum absolute atomic E-state index is 12.0. The second-order valence-electron chi connectivity index (χ2n) is 4.16. The predicted molar refractivity (Wildman–Crippen MR) is 77.2 cm³/mol. The minimum atomic E-state index is -0.316. The molecule has 3 nitrogen and oxygen atoms in total. The van der Waals surface area contributed by atoms with Crippen LogP contribution in [-0.4, -0.2) is 12.6 Å². The van der Waals surface area contributed by atoms with E-state index in [4.69, 9.17) is 9.47 Å². The topological polar surface area (TPSA) is 35.5 Å². The number of carbonyl (C=O) groups excluding carboxylic acids is 1. The molecule has 1 aromatic carbocycles. The normalized spacial score (nSPS) is 14.8. The average molecular weight is 323 g/mol. The molecule has 4 heteroatoms. The molecule has 0 saturated heterocycles. The Morgan fingerprint density at radius 1 is 1.37 bits per heavy atom. The first-order valence-electron chi connectivity index (χ1n) is 6.12. The molecule has 0 atom stereocenters. The molecule has 0 saturated carbocycles. The van der Waals surface area contributed by atoms with Gasteiger partial charge in [0.1, 0.15) is 5.76 Å². The first-order chi connectivity index (χ1) is 9.11. The quantitative estimate of drug-likeness (QED) is 0.787. The number of hydrogen-bond acceptors (Lipinski definition) is 3. The number of ether oxygens (including phenoxy) is 2. The minimum Gasteiger partial charge on any atom is -0.463 e. The van der Waals surface area contributed by atoms with E-state index in [2.05, 4.69) is 15.9 Å². The van der Waals surface area contributed by atoms with Gasteiger partial charge in [-0.3, -0.25) is 0 Å².